The smallest absolute Gasteiger partial charge is 0.203 e. The first-order chi connectivity index (χ1) is 7.65. The SMILES string of the molecule is Nc1nnc(Sc2ccc(C(=O)[O-])cn2)s1. The molecule has 0 saturated heterocycles. The Labute approximate surface area is 98.5 Å². The number of rotatable bonds is 3. The normalized spacial score (nSPS) is 10.2. The fourth-order valence-corrected chi connectivity index (χ4v) is 2.44. The summed E-state index contributed by atoms with van der Waals surface area (Å²) in [5.74, 6) is -1.25. The maximum absolute atomic E-state index is 10.5. The van der Waals surface area contributed by atoms with Crippen LogP contribution in [0.1, 0.15) is 10.4 Å². The molecular formula is C8H5N4O2S2-. The Balaban J connectivity index is 2.14. The highest BCUT2D eigenvalue weighted by Gasteiger charge is 2.04. The molecule has 2 N–H and O–H groups in total. The third-order valence-electron chi connectivity index (χ3n) is 1.59. The van der Waals surface area contributed by atoms with Crippen molar-refractivity contribution in [2.75, 3.05) is 5.73 Å². The van der Waals surface area contributed by atoms with E-state index >= 15 is 0 Å². The summed E-state index contributed by atoms with van der Waals surface area (Å²) in [4.78, 5) is 14.4. The first-order valence-corrected chi connectivity index (χ1v) is 5.72. The number of anilines is 1. The first-order valence-electron chi connectivity index (χ1n) is 4.09. The molecule has 6 nitrogen and oxygen atoms in total. The Morgan fingerprint density at radius 1 is 1.44 bits per heavy atom. The standard InChI is InChI=1S/C8H6N4O2S2/c9-7-11-12-8(16-7)15-5-2-1-4(3-10-5)6(13)14/h1-3H,(H2,9,11)(H,13,14)/p-1. The van der Waals surface area contributed by atoms with Crippen LogP contribution in [0.3, 0.4) is 0 Å². The van der Waals surface area contributed by atoms with Gasteiger partial charge in [0, 0.05) is 11.8 Å². The summed E-state index contributed by atoms with van der Waals surface area (Å²) in [6.07, 6.45) is 1.24. The highest BCUT2D eigenvalue weighted by Crippen LogP contribution is 2.29. The zero-order chi connectivity index (χ0) is 11.5. The summed E-state index contributed by atoms with van der Waals surface area (Å²) in [7, 11) is 0. The summed E-state index contributed by atoms with van der Waals surface area (Å²) in [5.41, 5.74) is 5.46. The van der Waals surface area contributed by atoms with Gasteiger partial charge < -0.3 is 15.6 Å². The Morgan fingerprint density at radius 3 is 2.75 bits per heavy atom. The van der Waals surface area contributed by atoms with E-state index in [1.165, 1.54) is 35.4 Å². The number of nitrogens with zero attached hydrogens (tertiary/aromatic N) is 3. The third-order valence-corrected chi connectivity index (χ3v) is 3.34. The summed E-state index contributed by atoms with van der Waals surface area (Å²) in [6, 6.07) is 3.00. The molecule has 2 aromatic heterocycles. The number of nitrogens with two attached hydrogens (primary N) is 1. The molecule has 0 spiro atoms. The molecule has 2 aromatic rings. The van der Waals surface area contributed by atoms with E-state index in [2.05, 4.69) is 15.2 Å². The lowest BCUT2D eigenvalue weighted by Crippen LogP contribution is -2.22. The number of hydrogen-bond donors (Lipinski definition) is 1. The monoisotopic (exact) mass is 253 g/mol. The molecule has 2 rings (SSSR count). The number of aromatic nitrogens is 3. The number of nitrogen functional groups attached to an aromatic ring is 1. The zero-order valence-corrected chi connectivity index (χ0v) is 9.42. The average Bonchev–Trinajstić information content (AvgIpc) is 2.65. The van der Waals surface area contributed by atoms with Gasteiger partial charge in [-0.3, -0.25) is 0 Å². The van der Waals surface area contributed by atoms with Crippen LogP contribution in [0.25, 0.3) is 0 Å². The fraction of sp³-hybridized carbons (Fsp3) is 0. The van der Waals surface area contributed by atoms with Crippen molar-refractivity contribution in [1.29, 1.82) is 0 Å². The Hall–Kier alpha value is -1.67. The second-order valence-electron chi connectivity index (χ2n) is 2.68. The van der Waals surface area contributed by atoms with Gasteiger partial charge in [0.05, 0.1) is 5.97 Å². The zero-order valence-electron chi connectivity index (χ0n) is 7.78. The van der Waals surface area contributed by atoms with Crippen LogP contribution in [-0.4, -0.2) is 21.2 Å². The van der Waals surface area contributed by atoms with Gasteiger partial charge in [-0.15, -0.1) is 10.2 Å². The van der Waals surface area contributed by atoms with Crippen molar-refractivity contribution in [2.24, 2.45) is 0 Å². The highest BCUT2D eigenvalue weighted by molar-refractivity contribution is 8.01. The lowest BCUT2D eigenvalue weighted by Gasteiger charge is -2.01. The number of carboxylic acids is 1. The summed E-state index contributed by atoms with van der Waals surface area (Å²) < 4.78 is 0.659. The van der Waals surface area contributed by atoms with Crippen molar-refractivity contribution >= 4 is 34.2 Å². The van der Waals surface area contributed by atoms with E-state index in [-0.39, 0.29) is 5.56 Å². The second-order valence-corrected chi connectivity index (χ2v) is 4.96. The summed E-state index contributed by atoms with van der Waals surface area (Å²) in [5, 5.41) is 18.9. The van der Waals surface area contributed by atoms with Gasteiger partial charge in [-0.1, -0.05) is 11.3 Å². The Bertz CT molecular complexity index is 511. The second kappa shape index (κ2) is 4.45. The van der Waals surface area contributed by atoms with E-state index in [0.717, 1.165) is 0 Å². The van der Waals surface area contributed by atoms with Crippen LogP contribution in [0, 0.1) is 0 Å². The van der Waals surface area contributed by atoms with Gasteiger partial charge in [-0.05, 0) is 23.9 Å². The van der Waals surface area contributed by atoms with Crippen molar-refractivity contribution in [2.45, 2.75) is 9.37 Å². The molecule has 0 fully saturated rings. The van der Waals surface area contributed by atoms with E-state index in [4.69, 9.17) is 5.73 Å². The predicted octanol–water partition coefficient (Wildman–Crippen LogP) is 0.0300. The molecule has 0 aliphatic carbocycles. The molecule has 0 aromatic carbocycles. The fourth-order valence-electron chi connectivity index (χ4n) is 0.913. The van der Waals surface area contributed by atoms with Crippen molar-refractivity contribution in [3.05, 3.63) is 23.9 Å². The number of aromatic carboxylic acids is 1. The quantitative estimate of drug-likeness (QED) is 0.822. The van der Waals surface area contributed by atoms with Gasteiger partial charge in [0.15, 0.2) is 4.34 Å². The number of carbonyl (C=O) groups excluding carboxylic acids is 1. The lowest BCUT2D eigenvalue weighted by atomic mass is 10.3. The van der Waals surface area contributed by atoms with E-state index in [1.54, 1.807) is 6.07 Å². The molecule has 0 aliphatic heterocycles. The van der Waals surface area contributed by atoms with Gasteiger partial charge in [-0.2, -0.15) is 0 Å². The molecule has 8 heteroatoms. The molecule has 2 heterocycles. The largest absolute Gasteiger partial charge is 0.545 e. The molecular weight excluding hydrogens is 248 g/mol. The van der Waals surface area contributed by atoms with Crippen LogP contribution in [0.2, 0.25) is 0 Å². The van der Waals surface area contributed by atoms with Gasteiger partial charge >= 0.3 is 0 Å². The highest BCUT2D eigenvalue weighted by atomic mass is 32.2. The van der Waals surface area contributed by atoms with Gasteiger partial charge in [0.1, 0.15) is 5.03 Å². The minimum Gasteiger partial charge on any atom is -0.545 e. The maximum atomic E-state index is 10.5. The third kappa shape index (κ3) is 2.47. The van der Waals surface area contributed by atoms with E-state index in [9.17, 15) is 9.90 Å². The van der Waals surface area contributed by atoms with Gasteiger partial charge in [0.25, 0.3) is 0 Å². The number of carboxylic acid groups (broad SMARTS) is 1. The topological polar surface area (TPSA) is 105 Å². The minimum atomic E-state index is -1.25. The van der Waals surface area contributed by atoms with Gasteiger partial charge in [0.2, 0.25) is 5.13 Å². The van der Waals surface area contributed by atoms with E-state index < -0.39 is 5.97 Å². The molecule has 0 radical (unpaired) electrons. The number of pyridine rings is 1. The molecule has 0 saturated carbocycles. The molecule has 0 atom stereocenters. The Morgan fingerprint density at radius 2 is 2.25 bits per heavy atom. The maximum Gasteiger partial charge on any atom is 0.203 e. The molecule has 16 heavy (non-hydrogen) atoms. The molecule has 82 valence electrons. The molecule has 0 bridgehead atoms. The van der Waals surface area contributed by atoms with Crippen molar-refractivity contribution in [3.63, 3.8) is 0 Å². The van der Waals surface area contributed by atoms with Gasteiger partial charge in [-0.25, -0.2) is 4.98 Å². The molecule has 0 amide bonds. The Kier molecular flexibility index (Phi) is 3.02. The minimum absolute atomic E-state index is 0.0427. The van der Waals surface area contributed by atoms with E-state index in [1.807, 2.05) is 0 Å². The van der Waals surface area contributed by atoms with E-state index in [0.29, 0.717) is 14.5 Å². The van der Waals surface area contributed by atoms with Crippen LogP contribution in [0.15, 0.2) is 27.7 Å². The van der Waals surface area contributed by atoms with Crippen LogP contribution in [-0.2, 0) is 0 Å². The van der Waals surface area contributed by atoms with Crippen LogP contribution >= 0.6 is 23.1 Å². The van der Waals surface area contributed by atoms with Crippen LogP contribution in [0.5, 0.6) is 0 Å². The molecule has 0 aliphatic rings. The average molecular weight is 253 g/mol. The number of carbonyl (C=O) groups is 1. The van der Waals surface area contributed by atoms with Crippen LogP contribution in [0.4, 0.5) is 5.13 Å². The summed E-state index contributed by atoms with van der Waals surface area (Å²) >= 11 is 2.51. The lowest BCUT2D eigenvalue weighted by molar-refractivity contribution is -0.255. The van der Waals surface area contributed by atoms with Crippen molar-refractivity contribution in [1.82, 2.24) is 15.2 Å². The van der Waals surface area contributed by atoms with Crippen LogP contribution < -0.4 is 10.8 Å². The predicted molar refractivity (Wildman–Crippen MR) is 57.0 cm³/mol. The number of hydrogen-bond acceptors (Lipinski definition) is 8. The van der Waals surface area contributed by atoms with Crippen molar-refractivity contribution < 1.29 is 9.90 Å². The molecule has 0 unspecified atom stereocenters. The summed E-state index contributed by atoms with van der Waals surface area (Å²) in [6.45, 7) is 0. The van der Waals surface area contributed by atoms with Crippen molar-refractivity contribution in [3.8, 4) is 0 Å². The first kappa shape index (κ1) is 10.8.